The van der Waals surface area contributed by atoms with E-state index in [1.54, 1.807) is 6.08 Å². The third-order valence-electron chi connectivity index (χ3n) is 3.74. The number of piperazine rings is 1. The van der Waals surface area contributed by atoms with Crippen LogP contribution in [0.5, 0.6) is 0 Å². The first-order chi connectivity index (χ1) is 11.7. The molecule has 0 amide bonds. The van der Waals surface area contributed by atoms with Crippen molar-refractivity contribution in [3.63, 3.8) is 0 Å². The van der Waals surface area contributed by atoms with E-state index in [0.29, 0.717) is 24.7 Å². The molecule has 10 heteroatoms. The fraction of sp³-hybridized carbons (Fsp3) is 0.400. The maximum atomic E-state index is 12.6. The van der Waals surface area contributed by atoms with Gasteiger partial charge in [0, 0.05) is 32.7 Å². The van der Waals surface area contributed by atoms with Gasteiger partial charge in [-0.05, 0) is 36.5 Å². The number of alkyl halides is 3. The van der Waals surface area contributed by atoms with Crippen molar-refractivity contribution in [2.75, 3.05) is 32.7 Å². The highest BCUT2D eigenvalue weighted by Crippen LogP contribution is 2.30. The summed E-state index contributed by atoms with van der Waals surface area (Å²) in [5.41, 5.74) is -0.880. The summed E-state index contributed by atoms with van der Waals surface area (Å²) < 4.78 is 64.1. The summed E-state index contributed by atoms with van der Waals surface area (Å²) in [4.78, 5) is 1.69. The number of halogens is 3. The number of nitrogens with one attached hydrogen (secondary N) is 1. The lowest BCUT2D eigenvalue weighted by molar-refractivity contribution is -0.137. The molecule has 138 valence electrons. The van der Waals surface area contributed by atoms with Crippen LogP contribution in [0.3, 0.4) is 0 Å². The largest absolute Gasteiger partial charge is 0.416 e. The molecule has 0 atom stereocenters. The second-order valence-corrected chi connectivity index (χ2v) is 7.71. The molecular weight excluding hydrogens is 375 g/mol. The molecule has 0 aliphatic carbocycles. The maximum absolute atomic E-state index is 12.6. The highest BCUT2D eigenvalue weighted by Gasteiger charge is 2.32. The van der Waals surface area contributed by atoms with Gasteiger partial charge < -0.3 is 10.2 Å². The molecule has 1 aliphatic rings. The number of hydrogen-bond donors (Lipinski definition) is 1. The molecule has 0 aromatic heterocycles. The molecule has 25 heavy (non-hydrogen) atoms. The van der Waals surface area contributed by atoms with Crippen LogP contribution < -0.4 is 5.32 Å². The molecule has 1 aromatic rings. The molecule has 1 saturated heterocycles. The summed E-state index contributed by atoms with van der Waals surface area (Å²) in [7, 11) is -3.83. The second-order valence-electron chi connectivity index (χ2n) is 5.39. The number of rotatable bonds is 4. The van der Waals surface area contributed by atoms with Crippen LogP contribution in [-0.4, -0.2) is 55.5 Å². The van der Waals surface area contributed by atoms with Gasteiger partial charge in [-0.3, -0.25) is 0 Å². The van der Waals surface area contributed by atoms with Crippen LogP contribution in [0.25, 0.3) is 0 Å². The number of hydrogen-bond acceptors (Lipinski definition) is 3. The first kappa shape index (κ1) is 19.7. The van der Waals surface area contributed by atoms with E-state index in [1.807, 2.05) is 4.90 Å². The molecule has 0 bridgehead atoms. The Labute approximate surface area is 150 Å². The topological polar surface area (TPSA) is 52.6 Å². The van der Waals surface area contributed by atoms with Gasteiger partial charge in [-0.25, -0.2) is 8.42 Å². The lowest BCUT2D eigenvalue weighted by atomic mass is 10.2. The lowest BCUT2D eigenvalue weighted by Crippen LogP contribution is -2.53. The highest BCUT2D eigenvalue weighted by molar-refractivity contribution is 7.89. The van der Waals surface area contributed by atoms with Crippen molar-refractivity contribution in [3.05, 3.63) is 42.5 Å². The van der Waals surface area contributed by atoms with E-state index in [-0.39, 0.29) is 18.0 Å². The van der Waals surface area contributed by atoms with Gasteiger partial charge in [0.25, 0.3) is 0 Å². The van der Waals surface area contributed by atoms with Crippen LogP contribution in [0.1, 0.15) is 5.56 Å². The van der Waals surface area contributed by atoms with E-state index in [1.165, 1.54) is 4.31 Å². The van der Waals surface area contributed by atoms with E-state index < -0.39 is 21.8 Å². The Morgan fingerprint density at radius 1 is 1.20 bits per heavy atom. The molecular formula is C15H18F3N3O2S2. The van der Waals surface area contributed by atoms with Crippen molar-refractivity contribution in [2.45, 2.75) is 11.1 Å². The Balaban J connectivity index is 2.04. The Bertz CT molecular complexity index is 725. The normalized spacial score (nSPS) is 16.5. The maximum Gasteiger partial charge on any atom is 0.416 e. The quantitative estimate of drug-likeness (QED) is 0.627. The van der Waals surface area contributed by atoms with E-state index in [4.69, 9.17) is 12.2 Å². The minimum atomic E-state index is -4.50. The highest BCUT2D eigenvalue weighted by atomic mass is 32.2. The summed E-state index contributed by atoms with van der Waals surface area (Å²) in [6, 6.07) is 3.52. The SMILES string of the molecule is C=CCNC(=S)N1CCN(S(=O)(=O)c2ccc(C(F)(F)F)cc2)CC1. The monoisotopic (exact) mass is 393 g/mol. The second kappa shape index (κ2) is 7.71. The molecule has 1 aromatic carbocycles. The Morgan fingerprint density at radius 2 is 1.76 bits per heavy atom. The van der Waals surface area contributed by atoms with E-state index in [0.717, 1.165) is 24.3 Å². The minimum Gasteiger partial charge on any atom is -0.359 e. The molecule has 0 saturated carbocycles. The van der Waals surface area contributed by atoms with Crippen molar-refractivity contribution >= 4 is 27.4 Å². The molecule has 1 fully saturated rings. The molecule has 0 spiro atoms. The van der Waals surface area contributed by atoms with Crippen LogP contribution in [0.2, 0.25) is 0 Å². The van der Waals surface area contributed by atoms with Crippen LogP contribution in [-0.2, 0) is 16.2 Å². The van der Waals surface area contributed by atoms with Gasteiger partial charge in [0.05, 0.1) is 10.5 Å². The number of nitrogens with zero attached hydrogens (tertiary/aromatic N) is 2. The number of benzene rings is 1. The molecule has 0 unspecified atom stereocenters. The first-order valence-corrected chi connectivity index (χ1v) is 9.32. The van der Waals surface area contributed by atoms with Crippen LogP contribution in [0, 0.1) is 0 Å². The smallest absolute Gasteiger partial charge is 0.359 e. The fourth-order valence-electron chi connectivity index (χ4n) is 2.37. The Hall–Kier alpha value is -1.65. The van der Waals surface area contributed by atoms with Crippen LogP contribution in [0.15, 0.2) is 41.8 Å². The molecule has 1 heterocycles. The van der Waals surface area contributed by atoms with E-state index in [2.05, 4.69) is 11.9 Å². The average Bonchev–Trinajstić information content (AvgIpc) is 2.59. The zero-order valence-corrected chi connectivity index (χ0v) is 14.9. The summed E-state index contributed by atoms with van der Waals surface area (Å²) in [5.74, 6) is 0. The van der Waals surface area contributed by atoms with Crippen molar-refractivity contribution < 1.29 is 21.6 Å². The molecule has 5 nitrogen and oxygen atoms in total. The zero-order valence-electron chi connectivity index (χ0n) is 13.3. The van der Waals surface area contributed by atoms with Crippen molar-refractivity contribution in [3.8, 4) is 0 Å². The predicted octanol–water partition coefficient (Wildman–Crippen LogP) is 2.07. The number of thiocarbonyl (C=S) groups is 1. The summed E-state index contributed by atoms with van der Waals surface area (Å²) >= 11 is 5.21. The molecule has 1 N–H and O–H groups in total. The van der Waals surface area contributed by atoms with Gasteiger partial charge in [0.2, 0.25) is 10.0 Å². The lowest BCUT2D eigenvalue weighted by Gasteiger charge is -2.35. The minimum absolute atomic E-state index is 0.152. The standard InChI is InChI=1S/C15H18F3N3O2S2/c1-2-7-19-14(24)20-8-10-21(11-9-20)25(22,23)13-5-3-12(4-6-13)15(16,17)18/h2-6H,1,7-11H2,(H,19,24). The van der Waals surface area contributed by atoms with E-state index in [9.17, 15) is 21.6 Å². The zero-order chi connectivity index (χ0) is 18.7. The van der Waals surface area contributed by atoms with Gasteiger partial charge in [-0.1, -0.05) is 6.08 Å². The fourth-order valence-corrected chi connectivity index (χ4v) is 4.06. The predicted molar refractivity (Wildman–Crippen MR) is 92.6 cm³/mol. The summed E-state index contributed by atoms with van der Waals surface area (Å²) in [6.07, 6.45) is -2.83. The van der Waals surface area contributed by atoms with Crippen LogP contribution >= 0.6 is 12.2 Å². The van der Waals surface area contributed by atoms with Crippen molar-refractivity contribution in [1.82, 2.24) is 14.5 Å². The third-order valence-corrected chi connectivity index (χ3v) is 6.06. The van der Waals surface area contributed by atoms with Gasteiger partial charge >= 0.3 is 6.18 Å². The third kappa shape index (κ3) is 4.71. The number of sulfonamides is 1. The molecule has 2 rings (SSSR count). The van der Waals surface area contributed by atoms with Crippen LogP contribution in [0.4, 0.5) is 13.2 Å². The Kier molecular flexibility index (Phi) is 6.07. The summed E-state index contributed by atoms with van der Waals surface area (Å²) in [6.45, 7) is 5.32. The van der Waals surface area contributed by atoms with Gasteiger partial charge in [-0.15, -0.1) is 6.58 Å². The molecule has 0 radical (unpaired) electrons. The van der Waals surface area contributed by atoms with Crippen molar-refractivity contribution in [2.24, 2.45) is 0 Å². The molecule has 1 aliphatic heterocycles. The van der Waals surface area contributed by atoms with E-state index >= 15 is 0 Å². The first-order valence-electron chi connectivity index (χ1n) is 7.47. The Morgan fingerprint density at radius 3 is 2.24 bits per heavy atom. The average molecular weight is 393 g/mol. The summed E-state index contributed by atoms with van der Waals surface area (Å²) in [5, 5.41) is 3.49. The van der Waals surface area contributed by atoms with Crippen molar-refractivity contribution in [1.29, 1.82) is 0 Å². The van der Waals surface area contributed by atoms with Gasteiger partial charge in [0.15, 0.2) is 5.11 Å². The van der Waals surface area contributed by atoms with Gasteiger partial charge in [-0.2, -0.15) is 17.5 Å². The van der Waals surface area contributed by atoms with Gasteiger partial charge in [0.1, 0.15) is 0 Å².